The van der Waals surface area contributed by atoms with Crippen LogP contribution in [0.25, 0.3) is 0 Å². The number of unbranched alkanes of at least 4 members (excludes halogenated alkanes) is 1. The minimum Gasteiger partial charge on any atom is -0.481 e. The number of imidazole rings is 1. The van der Waals surface area contributed by atoms with Crippen LogP contribution in [0.5, 0.6) is 0 Å². The van der Waals surface area contributed by atoms with Crippen molar-refractivity contribution in [3.63, 3.8) is 0 Å². The van der Waals surface area contributed by atoms with Gasteiger partial charge in [0.25, 0.3) is 0 Å². The summed E-state index contributed by atoms with van der Waals surface area (Å²) in [6.45, 7) is 3.52. The largest absolute Gasteiger partial charge is 0.481 e. The Hall–Kier alpha value is -1.89. The van der Waals surface area contributed by atoms with Gasteiger partial charge >= 0.3 is 5.97 Å². The number of rotatable bonds is 8. The van der Waals surface area contributed by atoms with Crippen LogP contribution in [0.2, 0.25) is 5.15 Å². The van der Waals surface area contributed by atoms with Crippen LogP contribution in [-0.4, -0.2) is 50.2 Å². The lowest BCUT2D eigenvalue weighted by Gasteiger charge is -2.42. The van der Waals surface area contributed by atoms with Crippen LogP contribution in [0.4, 0.5) is 0 Å². The van der Waals surface area contributed by atoms with Crippen LogP contribution >= 0.6 is 11.6 Å². The van der Waals surface area contributed by atoms with Crippen LogP contribution in [0, 0.1) is 5.41 Å². The number of aryl methyl sites for hydroxylation is 1. The molecule has 1 saturated heterocycles. The number of carboxylic acid groups (broad SMARTS) is 1. The summed E-state index contributed by atoms with van der Waals surface area (Å²) in [6.07, 6.45) is 2.74. The Morgan fingerprint density at radius 2 is 2.14 bits per heavy atom. The third-order valence-corrected chi connectivity index (χ3v) is 5.97. The summed E-state index contributed by atoms with van der Waals surface area (Å²) in [6, 6.07) is 9.50. The number of β-amino-alcohol motifs (C(OH)–C–C–N with tert-alkyl or cyclic N) is 1. The lowest BCUT2D eigenvalue weighted by Crippen LogP contribution is -2.55. The second kappa shape index (κ2) is 9.07. The van der Waals surface area contributed by atoms with Gasteiger partial charge in [0.15, 0.2) is 5.15 Å². The van der Waals surface area contributed by atoms with Gasteiger partial charge in [0.05, 0.1) is 11.8 Å². The highest BCUT2D eigenvalue weighted by Crippen LogP contribution is 2.36. The normalized spacial score (nSPS) is 23.0. The molecular weight excluding hydrogens is 378 g/mol. The number of piperidine rings is 1. The second-order valence-corrected chi connectivity index (χ2v) is 8.04. The number of nitrogens with one attached hydrogen (secondary N) is 1. The first kappa shape index (κ1) is 20.8. The molecule has 0 radical (unpaired) electrons. The van der Waals surface area contributed by atoms with Crippen molar-refractivity contribution in [2.45, 2.75) is 51.7 Å². The average Bonchev–Trinajstić information content (AvgIpc) is 3.02. The van der Waals surface area contributed by atoms with Crippen molar-refractivity contribution in [1.82, 2.24) is 14.9 Å². The molecule has 28 heavy (non-hydrogen) atoms. The van der Waals surface area contributed by atoms with Gasteiger partial charge in [0, 0.05) is 19.5 Å². The van der Waals surface area contributed by atoms with Crippen molar-refractivity contribution in [3.05, 3.63) is 52.6 Å². The van der Waals surface area contributed by atoms with Gasteiger partial charge in [0.1, 0.15) is 11.2 Å². The first-order valence-electron chi connectivity index (χ1n) is 9.85. The Morgan fingerprint density at radius 3 is 2.79 bits per heavy atom. The number of benzene rings is 1. The van der Waals surface area contributed by atoms with Gasteiger partial charge in [-0.25, -0.2) is 4.98 Å². The lowest BCUT2D eigenvalue weighted by atomic mass is 9.71. The molecular formula is C21H28ClN3O3. The molecule has 1 fully saturated rings. The minimum absolute atomic E-state index is 0.290. The molecule has 0 aliphatic carbocycles. The number of aliphatic hydroxyl groups is 1. The minimum atomic E-state index is -1.16. The molecule has 3 rings (SSSR count). The number of likely N-dealkylation sites (tertiary alicyclic amines) is 1. The van der Waals surface area contributed by atoms with Crippen LogP contribution in [0.3, 0.4) is 0 Å². The van der Waals surface area contributed by atoms with Gasteiger partial charge in [0.2, 0.25) is 0 Å². The number of halogens is 1. The van der Waals surface area contributed by atoms with E-state index in [1.807, 2.05) is 35.2 Å². The summed E-state index contributed by atoms with van der Waals surface area (Å²) in [7, 11) is 0. The number of aliphatic carboxylic acids is 1. The van der Waals surface area contributed by atoms with Crippen molar-refractivity contribution in [3.8, 4) is 0 Å². The molecule has 2 atom stereocenters. The summed E-state index contributed by atoms with van der Waals surface area (Å²) in [5.41, 5.74) is 0.586. The highest BCUT2D eigenvalue weighted by Gasteiger charge is 2.48. The van der Waals surface area contributed by atoms with E-state index in [-0.39, 0.29) is 0 Å². The number of aliphatic hydroxyl groups excluding tert-OH is 1. The Labute approximate surface area is 170 Å². The number of H-pyrrole nitrogens is 1. The fraction of sp³-hybridized carbons (Fsp3) is 0.524. The van der Waals surface area contributed by atoms with E-state index in [0.29, 0.717) is 37.6 Å². The quantitative estimate of drug-likeness (QED) is 0.627. The fourth-order valence-corrected chi connectivity index (χ4v) is 4.11. The monoisotopic (exact) mass is 405 g/mol. The van der Waals surface area contributed by atoms with Crippen molar-refractivity contribution < 1.29 is 15.0 Å². The van der Waals surface area contributed by atoms with E-state index in [1.54, 1.807) is 0 Å². The molecule has 0 unspecified atom stereocenters. The van der Waals surface area contributed by atoms with Crippen LogP contribution in [-0.2, 0) is 24.2 Å². The molecule has 152 valence electrons. The zero-order valence-corrected chi connectivity index (χ0v) is 17.0. The molecule has 1 aromatic heterocycles. The van der Waals surface area contributed by atoms with Crippen LogP contribution in [0.15, 0.2) is 30.3 Å². The van der Waals surface area contributed by atoms with Crippen molar-refractivity contribution in [1.29, 1.82) is 0 Å². The van der Waals surface area contributed by atoms with E-state index < -0.39 is 17.5 Å². The van der Waals surface area contributed by atoms with E-state index in [0.717, 1.165) is 36.3 Å². The topological polar surface area (TPSA) is 89.5 Å². The number of aromatic nitrogens is 2. The molecule has 2 aromatic rings. The summed E-state index contributed by atoms with van der Waals surface area (Å²) in [4.78, 5) is 21.8. The van der Waals surface area contributed by atoms with E-state index in [9.17, 15) is 15.0 Å². The Bertz CT molecular complexity index is 795. The smallest absolute Gasteiger partial charge is 0.312 e. The van der Waals surface area contributed by atoms with E-state index in [2.05, 4.69) is 16.9 Å². The Kier molecular flexibility index (Phi) is 6.75. The molecule has 0 saturated carbocycles. The molecule has 0 amide bonds. The van der Waals surface area contributed by atoms with Gasteiger partial charge in [-0.2, -0.15) is 0 Å². The van der Waals surface area contributed by atoms with Crippen molar-refractivity contribution in [2.75, 3.05) is 13.1 Å². The molecule has 2 heterocycles. The van der Waals surface area contributed by atoms with Gasteiger partial charge in [-0.1, -0.05) is 55.3 Å². The predicted molar refractivity (Wildman–Crippen MR) is 108 cm³/mol. The standard InChI is InChI=1S/C21H28ClN3O3/c1-2-3-9-18-23-16(19(22)24-18)13-25-11-10-21(20(27)28,17(26)14-25)12-15-7-5-4-6-8-15/h4-8,17,26H,2-3,9-14H2,1H3,(H,23,24)(H,27,28)/t17-,21-/m1/s1. The number of carbonyl (C=O) groups is 1. The Balaban J connectivity index is 1.68. The zero-order valence-electron chi connectivity index (χ0n) is 16.2. The summed E-state index contributed by atoms with van der Waals surface area (Å²) in [5.74, 6) is -0.0618. The summed E-state index contributed by atoms with van der Waals surface area (Å²) in [5, 5.41) is 21.2. The van der Waals surface area contributed by atoms with Gasteiger partial charge in [-0.15, -0.1) is 0 Å². The number of hydrogen-bond donors (Lipinski definition) is 3. The zero-order chi connectivity index (χ0) is 20.1. The van der Waals surface area contributed by atoms with E-state index in [1.165, 1.54) is 0 Å². The number of carboxylic acids is 1. The molecule has 0 bridgehead atoms. The van der Waals surface area contributed by atoms with Gasteiger partial charge in [-0.3, -0.25) is 9.69 Å². The molecule has 6 nitrogen and oxygen atoms in total. The third kappa shape index (κ3) is 4.57. The highest BCUT2D eigenvalue weighted by molar-refractivity contribution is 6.30. The number of aromatic amines is 1. The molecule has 7 heteroatoms. The number of hydrogen-bond acceptors (Lipinski definition) is 4. The van der Waals surface area contributed by atoms with Gasteiger partial charge < -0.3 is 15.2 Å². The lowest BCUT2D eigenvalue weighted by molar-refractivity contribution is -0.163. The number of nitrogens with zero attached hydrogens (tertiary/aromatic N) is 2. The third-order valence-electron chi connectivity index (χ3n) is 5.66. The first-order chi connectivity index (χ1) is 13.4. The fourth-order valence-electron chi connectivity index (χ4n) is 3.90. The SMILES string of the molecule is CCCCc1nc(Cl)c(CN2CC[C@](Cc3ccccc3)(C(=O)O)[C@H](O)C2)[nH]1. The molecule has 1 aliphatic heterocycles. The summed E-state index contributed by atoms with van der Waals surface area (Å²) >= 11 is 6.27. The van der Waals surface area contributed by atoms with Crippen LogP contribution < -0.4 is 0 Å². The summed E-state index contributed by atoms with van der Waals surface area (Å²) < 4.78 is 0. The molecule has 0 spiro atoms. The predicted octanol–water partition coefficient (Wildman–Crippen LogP) is 3.29. The first-order valence-corrected chi connectivity index (χ1v) is 10.2. The van der Waals surface area contributed by atoms with Crippen molar-refractivity contribution in [2.24, 2.45) is 5.41 Å². The van der Waals surface area contributed by atoms with Gasteiger partial charge in [-0.05, 0) is 31.4 Å². The average molecular weight is 406 g/mol. The Morgan fingerprint density at radius 1 is 1.39 bits per heavy atom. The van der Waals surface area contributed by atoms with Crippen LogP contribution in [0.1, 0.15) is 43.3 Å². The maximum Gasteiger partial charge on any atom is 0.312 e. The molecule has 1 aromatic carbocycles. The second-order valence-electron chi connectivity index (χ2n) is 7.68. The highest BCUT2D eigenvalue weighted by atomic mass is 35.5. The molecule has 1 aliphatic rings. The van der Waals surface area contributed by atoms with E-state index in [4.69, 9.17) is 11.6 Å². The molecule has 3 N–H and O–H groups in total. The maximum absolute atomic E-state index is 12.1. The maximum atomic E-state index is 12.1. The van der Waals surface area contributed by atoms with Crippen molar-refractivity contribution >= 4 is 17.6 Å². The van der Waals surface area contributed by atoms with E-state index >= 15 is 0 Å².